The van der Waals surface area contributed by atoms with Crippen molar-refractivity contribution in [3.8, 4) is 0 Å². The number of carbonyl (C=O) groups excluding carboxylic acids is 1. The minimum absolute atomic E-state index is 0.120. The minimum atomic E-state index is -0.708. The SMILES string of the molecule is Cn1cc(NC(=O)c2c(F)cncc2Br)nn1. The highest BCUT2D eigenvalue weighted by molar-refractivity contribution is 9.10. The first-order valence-corrected chi connectivity index (χ1v) is 5.34. The molecule has 0 aromatic carbocycles. The third-order valence-corrected chi connectivity index (χ3v) is 2.53. The first kappa shape index (κ1) is 11.6. The van der Waals surface area contributed by atoms with Crippen LogP contribution in [0.15, 0.2) is 23.1 Å². The fraction of sp³-hybridized carbons (Fsp3) is 0.111. The van der Waals surface area contributed by atoms with Gasteiger partial charge in [-0.25, -0.2) is 4.39 Å². The Labute approximate surface area is 104 Å². The first-order valence-electron chi connectivity index (χ1n) is 4.54. The van der Waals surface area contributed by atoms with E-state index in [0.717, 1.165) is 6.20 Å². The van der Waals surface area contributed by atoms with E-state index in [0.29, 0.717) is 0 Å². The molecule has 17 heavy (non-hydrogen) atoms. The van der Waals surface area contributed by atoms with Gasteiger partial charge in [-0.2, -0.15) is 0 Å². The van der Waals surface area contributed by atoms with Crippen molar-refractivity contribution in [2.24, 2.45) is 7.05 Å². The molecule has 1 amide bonds. The molecule has 0 bridgehead atoms. The lowest BCUT2D eigenvalue weighted by Crippen LogP contribution is -2.15. The number of nitrogens with one attached hydrogen (secondary N) is 1. The van der Waals surface area contributed by atoms with E-state index in [1.807, 2.05) is 0 Å². The van der Waals surface area contributed by atoms with Gasteiger partial charge in [0, 0.05) is 13.2 Å². The van der Waals surface area contributed by atoms with Gasteiger partial charge in [0.1, 0.15) is 0 Å². The topological polar surface area (TPSA) is 72.7 Å². The summed E-state index contributed by atoms with van der Waals surface area (Å²) in [6, 6.07) is 0. The number of rotatable bonds is 2. The van der Waals surface area contributed by atoms with Crippen LogP contribution in [0.2, 0.25) is 0 Å². The molecule has 6 nitrogen and oxygen atoms in total. The molecule has 2 aromatic heterocycles. The third kappa shape index (κ3) is 2.47. The highest BCUT2D eigenvalue weighted by Crippen LogP contribution is 2.19. The number of halogens is 2. The minimum Gasteiger partial charge on any atom is -0.304 e. The molecular formula is C9H7BrFN5O. The largest absolute Gasteiger partial charge is 0.304 e. The molecule has 8 heteroatoms. The Morgan fingerprint density at radius 1 is 1.53 bits per heavy atom. The number of aromatic nitrogens is 4. The van der Waals surface area contributed by atoms with E-state index < -0.39 is 11.7 Å². The summed E-state index contributed by atoms with van der Waals surface area (Å²) in [7, 11) is 1.66. The van der Waals surface area contributed by atoms with Gasteiger partial charge in [0.15, 0.2) is 11.6 Å². The van der Waals surface area contributed by atoms with Crippen molar-refractivity contribution < 1.29 is 9.18 Å². The Hall–Kier alpha value is -1.83. The van der Waals surface area contributed by atoms with E-state index in [4.69, 9.17) is 0 Å². The van der Waals surface area contributed by atoms with Crippen LogP contribution in [0.5, 0.6) is 0 Å². The maximum atomic E-state index is 13.4. The quantitative estimate of drug-likeness (QED) is 0.909. The van der Waals surface area contributed by atoms with E-state index in [1.54, 1.807) is 7.05 Å². The van der Waals surface area contributed by atoms with Gasteiger partial charge in [0.25, 0.3) is 5.91 Å². The Bertz CT molecular complexity index is 550. The second-order valence-corrected chi connectivity index (χ2v) is 4.06. The van der Waals surface area contributed by atoms with Gasteiger partial charge in [-0.05, 0) is 15.9 Å². The van der Waals surface area contributed by atoms with Crippen molar-refractivity contribution in [2.75, 3.05) is 5.32 Å². The van der Waals surface area contributed by atoms with Gasteiger partial charge in [0.05, 0.1) is 22.4 Å². The van der Waals surface area contributed by atoms with Gasteiger partial charge in [-0.15, -0.1) is 5.10 Å². The molecular weight excluding hydrogens is 293 g/mol. The van der Waals surface area contributed by atoms with E-state index in [1.165, 1.54) is 17.1 Å². The predicted molar refractivity (Wildman–Crippen MR) is 60.9 cm³/mol. The number of amides is 1. The van der Waals surface area contributed by atoms with E-state index in [-0.39, 0.29) is 15.9 Å². The Balaban J connectivity index is 2.26. The molecule has 0 aliphatic carbocycles. The maximum absolute atomic E-state index is 13.4. The normalized spacial score (nSPS) is 10.3. The number of nitrogens with zero attached hydrogens (tertiary/aromatic N) is 4. The number of aryl methyl sites for hydroxylation is 1. The molecule has 0 fully saturated rings. The van der Waals surface area contributed by atoms with E-state index >= 15 is 0 Å². The molecule has 0 aliphatic heterocycles. The van der Waals surface area contributed by atoms with Crippen molar-refractivity contribution in [1.29, 1.82) is 0 Å². The van der Waals surface area contributed by atoms with Crippen LogP contribution in [0.1, 0.15) is 10.4 Å². The number of pyridine rings is 1. The Kier molecular flexibility index (Phi) is 3.14. The van der Waals surface area contributed by atoms with Gasteiger partial charge in [0.2, 0.25) is 0 Å². The summed E-state index contributed by atoms with van der Waals surface area (Å²) in [5, 5.41) is 9.74. The molecule has 0 radical (unpaired) electrons. The molecule has 0 saturated carbocycles. The molecule has 0 unspecified atom stereocenters. The van der Waals surface area contributed by atoms with Crippen molar-refractivity contribution in [3.05, 3.63) is 34.4 Å². The molecule has 0 spiro atoms. The van der Waals surface area contributed by atoms with Gasteiger partial charge in [-0.1, -0.05) is 5.21 Å². The van der Waals surface area contributed by atoms with Crippen molar-refractivity contribution in [3.63, 3.8) is 0 Å². The zero-order valence-corrected chi connectivity index (χ0v) is 10.3. The molecule has 1 N–H and O–H groups in total. The highest BCUT2D eigenvalue weighted by Gasteiger charge is 2.17. The lowest BCUT2D eigenvalue weighted by atomic mass is 10.2. The Morgan fingerprint density at radius 2 is 2.29 bits per heavy atom. The van der Waals surface area contributed by atoms with Crippen LogP contribution >= 0.6 is 15.9 Å². The lowest BCUT2D eigenvalue weighted by Gasteiger charge is -2.04. The summed E-state index contributed by atoms with van der Waals surface area (Å²) >= 11 is 3.06. The van der Waals surface area contributed by atoms with Crippen LogP contribution in [-0.2, 0) is 7.05 Å². The van der Waals surface area contributed by atoms with Gasteiger partial charge in [-0.3, -0.25) is 14.5 Å². The molecule has 2 aromatic rings. The van der Waals surface area contributed by atoms with E-state index in [2.05, 4.69) is 36.5 Å². The van der Waals surface area contributed by atoms with Crippen LogP contribution in [0.3, 0.4) is 0 Å². The zero-order chi connectivity index (χ0) is 12.4. The fourth-order valence-corrected chi connectivity index (χ4v) is 1.70. The summed E-state index contributed by atoms with van der Waals surface area (Å²) in [6.45, 7) is 0. The average molecular weight is 300 g/mol. The second-order valence-electron chi connectivity index (χ2n) is 3.21. The van der Waals surface area contributed by atoms with Crippen molar-refractivity contribution in [2.45, 2.75) is 0 Å². The van der Waals surface area contributed by atoms with Crippen LogP contribution in [0.25, 0.3) is 0 Å². The summed E-state index contributed by atoms with van der Waals surface area (Å²) < 4.78 is 15.1. The summed E-state index contributed by atoms with van der Waals surface area (Å²) in [4.78, 5) is 15.4. The summed E-state index contributed by atoms with van der Waals surface area (Å²) in [5.41, 5.74) is -0.120. The molecule has 0 aliphatic rings. The average Bonchev–Trinajstić information content (AvgIpc) is 2.63. The lowest BCUT2D eigenvalue weighted by molar-refractivity contribution is 0.102. The number of hydrogen-bond donors (Lipinski definition) is 1. The predicted octanol–water partition coefficient (Wildman–Crippen LogP) is 1.36. The fourth-order valence-electron chi connectivity index (χ4n) is 1.21. The molecule has 2 heterocycles. The van der Waals surface area contributed by atoms with Crippen LogP contribution in [0.4, 0.5) is 10.2 Å². The standard InChI is InChI=1S/C9H7BrFN5O/c1-16-4-7(14-15-16)13-9(17)8-5(10)2-12-3-6(8)11/h2-4H,1H3,(H,13,17). The summed E-state index contributed by atoms with van der Waals surface area (Å²) in [5.74, 6) is -1.07. The maximum Gasteiger partial charge on any atom is 0.261 e. The number of carbonyl (C=O) groups is 1. The van der Waals surface area contributed by atoms with Crippen LogP contribution in [-0.4, -0.2) is 25.9 Å². The van der Waals surface area contributed by atoms with Gasteiger partial charge < -0.3 is 5.32 Å². The smallest absolute Gasteiger partial charge is 0.261 e. The first-order chi connectivity index (χ1) is 8.08. The van der Waals surface area contributed by atoms with Crippen molar-refractivity contribution >= 4 is 27.7 Å². The van der Waals surface area contributed by atoms with E-state index in [9.17, 15) is 9.18 Å². The second kappa shape index (κ2) is 4.58. The molecule has 2 rings (SSSR count). The monoisotopic (exact) mass is 299 g/mol. The third-order valence-electron chi connectivity index (χ3n) is 1.92. The van der Waals surface area contributed by atoms with Crippen molar-refractivity contribution in [1.82, 2.24) is 20.0 Å². The Morgan fingerprint density at radius 3 is 2.88 bits per heavy atom. The molecule has 0 saturated heterocycles. The molecule has 88 valence electrons. The van der Waals surface area contributed by atoms with Crippen LogP contribution < -0.4 is 5.32 Å². The number of anilines is 1. The highest BCUT2D eigenvalue weighted by atomic mass is 79.9. The van der Waals surface area contributed by atoms with Crippen LogP contribution in [0, 0.1) is 5.82 Å². The summed E-state index contributed by atoms with van der Waals surface area (Å²) in [6.07, 6.45) is 3.82. The molecule has 0 atom stereocenters. The number of hydrogen-bond acceptors (Lipinski definition) is 4. The zero-order valence-electron chi connectivity index (χ0n) is 8.69. The van der Waals surface area contributed by atoms with Gasteiger partial charge >= 0.3 is 0 Å².